The lowest BCUT2D eigenvalue weighted by Crippen LogP contribution is -2.27. The van der Waals surface area contributed by atoms with Crippen LogP contribution < -0.4 is 0 Å². The lowest BCUT2D eigenvalue weighted by atomic mass is 10.00. The van der Waals surface area contributed by atoms with Crippen LogP contribution in [0.2, 0.25) is 0 Å². The van der Waals surface area contributed by atoms with E-state index in [0.29, 0.717) is 11.3 Å². The van der Waals surface area contributed by atoms with Crippen LogP contribution >= 0.6 is 23.1 Å². The molecule has 1 unspecified atom stereocenters. The summed E-state index contributed by atoms with van der Waals surface area (Å²) in [5.41, 5.74) is 0. The molecule has 0 saturated carbocycles. The highest BCUT2D eigenvalue weighted by molar-refractivity contribution is 8.01. The summed E-state index contributed by atoms with van der Waals surface area (Å²) in [5, 5.41) is -0.951. The van der Waals surface area contributed by atoms with Gasteiger partial charge in [-0.25, -0.2) is 4.98 Å². The molecule has 0 aliphatic carbocycles. The van der Waals surface area contributed by atoms with Crippen LogP contribution in [0.25, 0.3) is 0 Å². The molecular weight excluding hydrogens is 271 g/mol. The summed E-state index contributed by atoms with van der Waals surface area (Å²) in [6, 6.07) is 0. The highest BCUT2D eigenvalue weighted by Gasteiger charge is 2.41. The topological polar surface area (TPSA) is 30.0 Å². The molecule has 1 aromatic heterocycles. The minimum atomic E-state index is -4.47. The minimum absolute atomic E-state index is 0.106. The number of ketones is 1. The van der Waals surface area contributed by atoms with Gasteiger partial charge in [0, 0.05) is 6.20 Å². The first kappa shape index (κ1) is 12.9. The quantitative estimate of drug-likeness (QED) is 0.775. The van der Waals surface area contributed by atoms with Gasteiger partial charge in [-0.2, -0.15) is 13.2 Å². The number of hydrogen-bond donors (Lipinski definition) is 0. The van der Waals surface area contributed by atoms with Crippen LogP contribution in [-0.4, -0.2) is 21.3 Å². The molecule has 2 nitrogen and oxygen atoms in total. The van der Waals surface area contributed by atoms with Gasteiger partial charge in [-0.1, -0.05) is 0 Å². The zero-order chi connectivity index (χ0) is 12.7. The number of Topliss-reactive ketones (excluding diaryl/α,β-unsaturated/α-hetero) is 1. The van der Waals surface area contributed by atoms with Crippen molar-refractivity contribution in [2.45, 2.75) is 30.7 Å². The third kappa shape index (κ3) is 2.49. The third-order valence-corrected chi connectivity index (χ3v) is 5.23. The zero-order valence-electron chi connectivity index (χ0n) is 9.00. The zero-order valence-corrected chi connectivity index (χ0v) is 10.6. The summed E-state index contributed by atoms with van der Waals surface area (Å²) >= 11 is 1.95. The van der Waals surface area contributed by atoms with Gasteiger partial charge in [-0.3, -0.25) is 4.79 Å². The van der Waals surface area contributed by atoms with Crippen LogP contribution in [0, 0.1) is 0 Å². The number of halogens is 3. The molecule has 0 aromatic carbocycles. The molecule has 1 atom stereocenters. The number of rotatable bonds is 2. The number of aromatic nitrogens is 1. The Labute approximate surface area is 105 Å². The second kappa shape index (κ2) is 4.28. The van der Waals surface area contributed by atoms with Crippen molar-refractivity contribution in [3.05, 3.63) is 16.1 Å². The van der Waals surface area contributed by atoms with Gasteiger partial charge < -0.3 is 0 Å². The molecule has 94 valence electrons. The molecule has 0 spiro atoms. The first-order valence-corrected chi connectivity index (χ1v) is 6.85. The Bertz CT molecular complexity index is 435. The molecule has 0 N–H and O–H groups in total. The van der Waals surface area contributed by atoms with Crippen molar-refractivity contribution >= 4 is 28.9 Å². The van der Waals surface area contributed by atoms with Gasteiger partial charge in [0.05, 0.1) is 9.62 Å². The summed E-state index contributed by atoms with van der Waals surface area (Å²) in [5.74, 6) is 0.653. The summed E-state index contributed by atoms with van der Waals surface area (Å²) < 4.78 is 36.5. The Morgan fingerprint density at radius 1 is 1.53 bits per heavy atom. The average Bonchev–Trinajstić information content (AvgIpc) is 2.84. The average molecular weight is 281 g/mol. The molecule has 1 fully saturated rings. The van der Waals surface area contributed by atoms with E-state index < -0.39 is 15.9 Å². The van der Waals surface area contributed by atoms with Gasteiger partial charge in [0.2, 0.25) is 0 Å². The van der Waals surface area contributed by atoms with Crippen molar-refractivity contribution < 1.29 is 18.0 Å². The van der Waals surface area contributed by atoms with E-state index in [1.54, 1.807) is 6.92 Å². The Balaban J connectivity index is 2.23. The number of alkyl halides is 3. The molecule has 7 heteroatoms. The Hall–Kier alpha value is -0.560. The Kier molecular flexibility index (Phi) is 3.24. The van der Waals surface area contributed by atoms with Crippen LogP contribution in [0.15, 0.2) is 6.20 Å². The molecule has 0 amide bonds. The number of carbonyl (C=O) groups excluding carboxylic acids is 1. The number of thiazole rings is 1. The normalized spacial score (nSPS) is 25.2. The van der Waals surface area contributed by atoms with E-state index in [1.165, 1.54) is 11.8 Å². The molecule has 1 aliphatic heterocycles. The Morgan fingerprint density at radius 3 is 2.71 bits per heavy atom. The lowest BCUT2D eigenvalue weighted by Gasteiger charge is -2.19. The van der Waals surface area contributed by atoms with Gasteiger partial charge >= 0.3 is 6.18 Å². The van der Waals surface area contributed by atoms with Gasteiger partial charge in [-0.15, -0.1) is 23.1 Å². The fraction of sp³-hybridized carbons (Fsp3) is 0.600. The molecule has 1 saturated heterocycles. The van der Waals surface area contributed by atoms with E-state index in [2.05, 4.69) is 4.98 Å². The second-order valence-corrected chi connectivity index (χ2v) is 6.67. The maximum atomic E-state index is 12.4. The monoisotopic (exact) mass is 281 g/mol. The molecular formula is C10H10F3NOS2. The first-order chi connectivity index (χ1) is 7.83. The fourth-order valence-corrected chi connectivity index (χ4v) is 3.92. The van der Waals surface area contributed by atoms with Crippen molar-refractivity contribution in [1.29, 1.82) is 0 Å². The van der Waals surface area contributed by atoms with E-state index >= 15 is 0 Å². The maximum absolute atomic E-state index is 12.4. The van der Waals surface area contributed by atoms with E-state index in [-0.39, 0.29) is 10.7 Å². The summed E-state index contributed by atoms with van der Waals surface area (Å²) in [4.78, 5) is 15.5. The van der Waals surface area contributed by atoms with E-state index in [9.17, 15) is 18.0 Å². The number of thioether (sulfide) groups is 1. The predicted molar refractivity (Wildman–Crippen MR) is 61.5 cm³/mol. The smallest absolute Gasteiger partial charge is 0.292 e. The fourth-order valence-electron chi connectivity index (χ4n) is 1.73. The van der Waals surface area contributed by atoms with Crippen molar-refractivity contribution in [1.82, 2.24) is 4.98 Å². The minimum Gasteiger partial charge on any atom is -0.292 e. The predicted octanol–water partition coefficient (Wildman–Crippen LogP) is 3.63. The highest BCUT2D eigenvalue weighted by Crippen LogP contribution is 2.42. The van der Waals surface area contributed by atoms with Crippen LogP contribution in [0.5, 0.6) is 0 Å². The SMILES string of the molecule is CC1(C(=O)c2cnc(C(F)(F)F)s2)CCCS1. The van der Waals surface area contributed by atoms with Crippen LogP contribution in [-0.2, 0) is 6.18 Å². The molecule has 0 bridgehead atoms. The molecule has 0 radical (unpaired) electrons. The first-order valence-electron chi connectivity index (χ1n) is 5.05. The standard InChI is InChI=1S/C10H10F3NOS2/c1-9(3-2-4-16-9)7(15)6-5-14-8(17-6)10(11,12)13/h5H,2-4H2,1H3. The van der Waals surface area contributed by atoms with Crippen molar-refractivity contribution in [2.75, 3.05) is 5.75 Å². The maximum Gasteiger partial charge on any atom is 0.443 e. The number of hydrogen-bond acceptors (Lipinski definition) is 4. The van der Waals surface area contributed by atoms with Crippen LogP contribution in [0.1, 0.15) is 34.4 Å². The summed E-state index contributed by atoms with van der Waals surface area (Å²) in [6.45, 7) is 1.79. The van der Waals surface area contributed by atoms with Gasteiger partial charge in [0.25, 0.3) is 0 Å². The van der Waals surface area contributed by atoms with Gasteiger partial charge in [0.1, 0.15) is 0 Å². The van der Waals surface area contributed by atoms with E-state index in [4.69, 9.17) is 0 Å². The van der Waals surface area contributed by atoms with Crippen molar-refractivity contribution in [3.8, 4) is 0 Å². The van der Waals surface area contributed by atoms with E-state index in [0.717, 1.165) is 24.8 Å². The molecule has 1 aliphatic rings. The van der Waals surface area contributed by atoms with Gasteiger partial charge in [0.15, 0.2) is 10.8 Å². The van der Waals surface area contributed by atoms with Crippen molar-refractivity contribution in [2.24, 2.45) is 0 Å². The largest absolute Gasteiger partial charge is 0.443 e. The van der Waals surface area contributed by atoms with Crippen LogP contribution in [0.4, 0.5) is 13.2 Å². The summed E-state index contributed by atoms with van der Waals surface area (Å²) in [6.07, 6.45) is -1.78. The molecule has 1 aromatic rings. The second-order valence-electron chi connectivity index (χ2n) is 4.04. The van der Waals surface area contributed by atoms with Crippen molar-refractivity contribution in [3.63, 3.8) is 0 Å². The summed E-state index contributed by atoms with van der Waals surface area (Å²) in [7, 11) is 0. The third-order valence-electron chi connectivity index (χ3n) is 2.67. The number of carbonyl (C=O) groups is 1. The Morgan fingerprint density at radius 2 is 2.24 bits per heavy atom. The highest BCUT2D eigenvalue weighted by atomic mass is 32.2. The van der Waals surface area contributed by atoms with Crippen LogP contribution in [0.3, 0.4) is 0 Å². The molecule has 2 rings (SSSR count). The molecule has 17 heavy (non-hydrogen) atoms. The van der Waals surface area contributed by atoms with Gasteiger partial charge in [-0.05, 0) is 25.5 Å². The van der Waals surface area contributed by atoms with E-state index in [1.807, 2.05) is 0 Å². The molecule has 2 heterocycles. The number of nitrogens with zero attached hydrogens (tertiary/aromatic N) is 1. The lowest BCUT2D eigenvalue weighted by molar-refractivity contribution is -0.137.